The third kappa shape index (κ3) is 4.05. The highest BCUT2D eigenvalue weighted by atomic mass is 79.9. The predicted octanol–water partition coefficient (Wildman–Crippen LogP) is 5.66. The van der Waals surface area contributed by atoms with Crippen LogP contribution in [0.25, 0.3) is 10.8 Å². The molecule has 0 saturated carbocycles. The topological polar surface area (TPSA) is 89.2 Å². The van der Waals surface area contributed by atoms with E-state index in [4.69, 9.17) is 27.8 Å². The summed E-state index contributed by atoms with van der Waals surface area (Å²) in [5.74, 6) is 1.63. The molecular formula is C21H20BrCl2N5O. The van der Waals surface area contributed by atoms with Crippen molar-refractivity contribution in [2.24, 2.45) is 21.5 Å². The molecule has 156 valence electrons. The summed E-state index contributed by atoms with van der Waals surface area (Å²) in [6, 6.07) is 17.2. The van der Waals surface area contributed by atoms with E-state index < -0.39 is 5.66 Å². The summed E-state index contributed by atoms with van der Waals surface area (Å²) in [6.45, 7) is 3.78. The molecule has 0 amide bonds. The second kappa shape index (κ2) is 8.34. The number of hydrogen-bond donors (Lipinski definition) is 2. The molecule has 0 spiro atoms. The third-order valence-electron chi connectivity index (χ3n) is 4.61. The van der Waals surface area contributed by atoms with Crippen LogP contribution in [0.2, 0.25) is 5.02 Å². The Morgan fingerprint density at radius 2 is 1.67 bits per heavy atom. The standard InChI is InChI=1S/C21H19BrClN5O.ClH/c1-21(2)27-19(24)26-20(25)28(21)16-11-12(23)7-9-18(16)29-17-10-8-15(22)13-5-3-4-6-14(13)17;/h3-11H,1-2H3,(H4,24,25,26,27);1H. The van der Waals surface area contributed by atoms with Crippen molar-refractivity contribution in [3.8, 4) is 11.5 Å². The lowest BCUT2D eigenvalue weighted by molar-refractivity contribution is 0.476. The van der Waals surface area contributed by atoms with Crippen molar-refractivity contribution < 1.29 is 4.74 Å². The Hall–Kier alpha value is -2.48. The minimum Gasteiger partial charge on any atom is -0.455 e. The van der Waals surface area contributed by atoms with Gasteiger partial charge in [0.1, 0.15) is 11.4 Å². The summed E-state index contributed by atoms with van der Waals surface area (Å²) in [5.41, 5.74) is 11.9. The van der Waals surface area contributed by atoms with Crippen LogP contribution in [0.3, 0.4) is 0 Å². The van der Waals surface area contributed by atoms with Crippen molar-refractivity contribution in [2.75, 3.05) is 4.90 Å². The predicted molar refractivity (Wildman–Crippen MR) is 130 cm³/mol. The summed E-state index contributed by atoms with van der Waals surface area (Å²) in [4.78, 5) is 10.3. The van der Waals surface area contributed by atoms with Crippen LogP contribution in [0, 0.1) is 0 Å². The third-order valence-corrected chi connectivity index (χ3v) is 5.53. The van der Waals surface area contributed by atoms with Gasteiger partial charge in [0.2, 0.25) is 11.9 Å². The number of anilines is 1. The van der Waals surface area contributed by atoms with Gasteiger partial charge in [0.05, 0.1) is 5.69 Å². The molecule has 1 heterocycles. The maximum Gasteiger partial charge on any atom is 0.220 e. The van der Waals surface area contributed by atoms with E-state index in [0.29, 0.717) is 22.2 Å². The zero-order valence-electron chi connectivity index (χ0n) is 16.3. The van der Waals surface area contributed by atoms with Crippen LogP contribution in [0.5, 0.6) is 11.5 Å². The first-order chi connectivity index (χ1) is 13.8. The number of benzene rings is 3. The minimum absolute atomic E-state index is 0. The summed E-state index contributed by atoms with van der Waals surface area (Å²) in [6.07, 6.45) is 0. The number of guanidine groups is 2. The number of halogens is 3. The van der Waals surface area contributed by atoms with E-state index in [0.717, 1.165) is 15.2 Å². The molecule has 6 nitrogen and oxygen atoms in total. The fourth-order valence-electron chi connectivity index (χ4n) is 3.41. The second-order valence-corrected chi connectivity index (χ2v) is 8.37. The Bertz CT molecular complexity index is 1180. The molecule has 0 saturated heterocycles. The number of nitrogens with zero attached hydrogens (tertiary/aromatic N) is 3. The van der Waals surface area contributed by atoms with Gasteiger partial charge in [0.25, 0.3) is 0 Å². The molecule has 0 atom stereocenters. The van der Waals surface area contributed by atoms with Crippen molar-refractivity contribution >= 4 is 68.3 Å². The molecule has 4 rings (SSSR count). The Balaban J connectivity index is 0.00000256. The number of fused-ring (bicyclic) bond motifs is 1. The van der Waals surface area contributed by atoms with E-state index in [1.165, 1.54) is 0 Å². The quantitative estimate of drug-likeness (QED) is 0.478. The van der Waals surface area contributed by atoms with E-state index in [1.54, 1.807) is 23.1 Å². The first-order valence-corrected chi connectivity index (χ1v) is 10.1. The number of nitrogens with two attached hydrogens (primary N) is 2. The van der Waals surface area contributed by atoms with E-state index in [-0.39, 0.29) is 24.3 Å². The van der Waals surface area contributed by atoms with Gasteiger partial charge in [-0.25, -0.2) is 4.99 Å². The molecule has 9 heteroatoms. The number of ether oxygens (including phenoxy) is 1. The van der Waals surface area contributed by atoms with Crippen LogP contribution in [0.15, 0.2) is 69.1 Å². The van der Waals surface area contributed by atoms with Crippen LogP contribution in [-0.2, 0) is 0 Å². The lowest BCUT2D eigenvalue weighted by atomic mass is 10.1. The zero-order chi connectivity index (χ0) is 20.8. The highest BCUT2D eigenvalue weighted by Crippen LogP contribution is 2.41. The molecule has 0 aliphatic carbocycles. The van der Waals surface area contributed by atoms with Gasteiger partial charge in [-0.15, -0.1) is 12.4 Å². The second-order valence-electron chi connectivity index (χ2n) is 7.08. The molecule has 3 aromatic rings. The van der Waals surface area contributed by atoms with Gasteiger partial charge in [0, 0.05) is 14.9 Å². The maximum absolute atomic E-state index is 6.34. The number of hydrogen-bond acceptors (Lipinski definition) is 6. The Morgan fingerprint density at radius 1 is 1.00 bits per heavy atom. The van der Waals surface area contributed by atoms with Crippen molar-refractivity contribution in [3.63, 3.8) is 0 Å². The van der Waals surface area contributed by atoms with Crippen molar-refractivity contribution in [1.82, 2.24) is 0 Å². The zero-order valence-corrected chi connectivity index (χ0v) is 19.4. The molecule has 30 heavy (non-hydrogen) atoms. The Labute approximate surface area is 194 Å². The molecule has 0 aromatic heterocycles. The van der Waals surface area contributed by atoms with Crippen LogP contribution < -0.4 is 21.1 Å². The van der Waals surface area contributed by atoms with Crippen LogP contribution in [0.4, 0.5) is 5.69 Å². The van der Waals surface area contributed by atoms with Crippen LogP contribution >= 0.6 is 39.9 Å². The minimum atomic E-state index is -0.763. The van der Waals surface area contributed by atoms with E-state index in [9.17, 15) is 0 Å². The lowest BCUT2D eigenvalue weighted by Crippen LogP contribution is -2.54. The molecule has 1 aliphatic rings. The average Bonchev–Trinajstić information content (AvgIpc) is 2.64. The van der Waals surface area contributed by atoms with E-state index in [1.807, 2.05) is 50.2 Å². The molecule has 0 radical (unpaired) electrons. The van der Waals surface area contributed by atoms with Crippen molar-refractivity contribution in [2.45, 2.75) is 19.5 Å². The lowest BCUT2D eigenvalue weighted by Gasteiger charge is -2.39. The fourth-order valence-corrected chi connectivity index (χ4v) is 4.06. The molecule has 1 aliphatic heterocycles. The monoisotopic (exact) mass is 507 g/mol. The fraction of sp³-hybridized carbons (Fsp3) is 0.143. The van der Waals surface area contributed by atoms with Gasteiger partial charge in [0.15, 0.2) is 5.75 Å². The summed E-state index contributed by atoms with van der Waals surface area (Å²) < 4.78 is 7.34. The van der Waals surface area contributed by atoms with Gasteiger partial charge in [-0.2, -0.15) is 4.99 Å². The van der Waals surface area contributed by atoms with Gasteiger partial charge < -0.3 is 16.2 Å². The molecule has 4 N–H and O–H groups in total. The van der Waals surface area contributed by atoms with E-state index >= 15 is 0 Å². The van der Waals surface area contributed by atoms with E-state index in [2.05, 4.69) is 25.9 Å². The highest BCUT2D eigenvalue weighted by Gasteiger charge is 2.35. The summed E-state index contributed by atoms with van der Waals surface area (Å²) >= 11 is 9.89. The smallest absolute Gasteiger partial charge is 0.220 e. The molecular weight excluding hydrogens is 489 g/mol. The highest BCUT2D eigenvalue weighted by molar-refractivity contribution is 9.10. The molecule has 0 unspecified atom stereocenters. The summed E-state index contributed by atoms with van der Waals surface area (Å²) in [7, 11) is 0. The average molecular weight is 509 g/mol. The molecule has 0 bridgehead atoms. The normalized spacial score (nSPS) is 15.3. The summed E-state index contributed by atoms with van der Waals surface area (Å²) in [5, 5.41) is 2.57. The largest absolute Gasteiger partial charge is 0.455 e. The molecule has 0 fully saturated rings. The first-order valence-electron chi connectivity index (χ1n) is 8.90. The number of aliphatic imine (C=N–C) groups is 2. The maximum atomic E-state index is 6.34. The van der Waals surface area contributed by atoms with Gasteiger partial charge in [-0.3, -0.25) is 4.90 Å². The van der Waals surface area contributed by atoms with Gasteiger partial charge >= 0.3 is 0 Å². The van der Waals surface area contributed by atoms with Crippen LogP contribution in [-0.4, -0.2) is 17.6 Å². The Morgan fingerprint density at radius 3 is 2.37 bits per heavy atom. The molecule has 3 aromatic carbocycles. The van der Waals surface area contributed by atoms with Gasteiger partial charge in [-0.05, 0) is 49.6 Å². The first kappa shape index (κ1) is 22.2. The van der Waals surface area contributed by atoms with Crippen molar-refractivity contribution in [1.29, 1.82) is 0 Å². The Kier molecular flexibility index (Phi) is 6.17. The number of rotatable bonds is 3. The van der Waals surface area contributed by atoms with Gasteiger partial charge in [-0.1, -0.05) is 51.8 Å². The van der Waals surface area contributed by atoms with Crippen LogP contribution in [0.1, 0.15) is 13.8 Å². The van der Waals surface area contributed by atoms with Crippen molar-refractivity contribution in [3.05, 3.63) is 64.1 Å². The SMILES string of the molecule is CC1(C)N=C(N)N=C(N)N1c1cc(Cl)ccc1Oc1ccc(Br)c2ccccc12.Cl.